The molecule has 1 aliphatic heterocycles. The van der Waals surface area contributed by atoms with Crippen LogP contribution in [-0.4, -0.2) is 5.84 Å². The largest absolute Gasteiger partial charge is 0.343 e. The summed E-state index contributed by atoms with van der Waals surface area (Å²) < 4.78 is 0. The summed E-state index contributed by atoms with van der Waals surface area (Å²) in [6.45, 7) is 0.627. The van der Waals surface area contributed by atoms with Crippen molar-refractivity contribution in [1.82, 2.24) is 0 Å². The van der Waals surface area contributed by atoms with Gasteiger partial charge in [0.25, 0.3) is 0 Å². The van der Waals surface area contributed by atoms with E-state index < -0.39 is 0 Å². The molecule has 126 valence electrons. The van der Waals surface area contributed by atoms with Crippen LogP contribution in [0.3, 0.4) is 0 Å². The molecule has 0 saturated heterocycles. The second-order valence-corrected chi connectivity index (χ2v) is 7.28. The monoisotopic (exact) mass is 329 g/mol. The van der Waals surface area contributed by atoms with Crippen molar-refractivity contribution in [2.45, 2.75) is 45.1 Å². The summed E-state index contributed by atoms with van der Waals surface area (Å²) in [7, 11) is 0. The first kappa shape index (κ1) is 15.9. The molecule has 2 aromatic carbocycles. The molecule has 2 aliphatic rings. The Balaban J connectivity index is 1.66. The van der Waals surface area contributed by atoms with Crippen molar-refractivity contribution in [2.24, 2.45) is 10.4 Å². The van der Waals surface area contributed by atoms with Gasteiger partial charge in [-0.2, -0.15) is 5.26 Å². The van der Waals surface area contributed by atoms with Gasteiger partial charge < -0.3 is 5.32 Å². The number of amidine groups is 1. The van der Waals surface area contributed by atoms with Gasteiger partial charge in [0.05, 0.1) is 18.2 Å². The maximum atomic E-state index is 9.09. The second kappa shape index (κ2) is 6.72. The number of nitriles is 1. The smallest absolute Gasteiger partial charge is 0.108 e. The summed E-state index contributed by atoms with van der Waals surface area (Å²) in [5, 5.41) is 12.7. The van der Waals surface area contributed by atoms with Gasteiger partial charge in [0, 0.05) is 11.1 Å². The minimum atomic E-state index is 0.166. The third-order valence-electron chi connectivity index (χ3n) is 5.59. The number of benzene rings is 2. The molecule has 0 atom stereocenters. The Bertz CT molecular complexity index is 838. The molecule has 0 amide bonds. The summed E-state index contributed by atoms with van der Waals surface area (Å²) in [6, 6.07) is 18.6. The molecular formula is C22H23N3. The standard InChI is InChI=1S/C22H23N3/c23-15-17-7-6-8-18(13-17)16-24-21-22(11-4-1-5-12-22)14-19-9-2-3-10-20(19)25-21/h2-3,6-10,13H,1,4-5,11-12,14,16H2,(H,24,25). The highest BCUT2D eigenvalue weighted by molar-refractivity contribution is 6.02. The van der Waals surface area contributed by atoms with Crippen LogP contribution in [0.4, 0.5) is 5.69 Å². The molecule has 0 radical (unpaired) electrons. The Morgan fingerprint density at radius 1 is 1.04 bits per heavy atom. The van der Waals surface area contributed by atoms with Gasteiger partial charge in [-0.3, -0.25) is 4.99 Å². The van der Waals surface area contributed by atoms with E-state index >= 15 is 0 Å². The highest BCUT2D eigenvalue weighted by atomic mass is 15.0. The summed E-state index contributed by atoms with van der Waals surface area (Å²) in [4.78, 5) is 5.00. The third kappa shape index (κ3) is 3.17. The zero-order valence-corrected chi connectivity index (χ0v) is 14.5. The fourth-order valence-electron chi connectivity index (χ4n) is 4.26. The SMILES string of the molecule is N#Cc1cccc(CN=C2Nc3ccccc3CC23CCCCC3)c1. The minimum absolute atomic E-state index is 0.166. The molecule has 1 N–H and O–H groups in total. The van der Waals surface area contributed by atoms with Crippen molar-refractivity contribution in [2.75, 3.05) is 5.32 Å². The number of hydrogen-bond acceptors (Lipinski definition) is 2. The summed E-state index contributed by atoms with van der Waals surface area (Å²) in [6.07, 6.45) is 7.42. The zero-order valence-electron chi connectivity index (χ0n) is 14.5. The van der Waals surface area contributed by atoms with Crippen LogP contribution in [0.15, 0.2) is 53.5 Å². The molecule has 1 spiro atoms. The van der Waals surface area contributed by atoms with Crippen LogP contribution in [-0.2, 0) is 13.0 Å². The van der Waals surface area contributed by atoms with Gasteiger partial charge in [-0.25, -0.2) is 0 Å². The Hall–Kier alpha value is -2.60. The summed E-state index contributed by atoms with van der Waals surface area (Å²) >= 11 is 0. The molecule has 1 heterocycles. The average molecular weight is 329 g/mol. The number of hydrogen-bond donors (Lipinski definition) is 1. The van der Waals surface area contributed by atoms with Gasteiger partial charge in [0.15, 0.2) is 0 Å². The fraction of sp³-hybridized carbons (Fsp3) is 0.364. The van der Waals surface area contributed by atoms with Gasteiger partial charge in [-0.05, 0) is 48.6 Å². The van der Waals surface area contributed by atoms with E-state index in [-0.39, 0.29) is 5.41 Å². The number of nitrogens with one attached hydrogen (secondary N) is 1. The molecule has 1 aliphatic carbocycles. The lowest BCUT2D eigenvalue weighted by Crippen LogP contribution is -2.43. The first-order chi connectivity index (χ1) is 12.3. The van der Waals surface area contributed by atoms with Crippen molar-refractivity contribution in [3.8, 4) is 6.07 Å². The number of anilines is 1. The van der Waals surface area contributed by atoms with Gasteiger partial charge in [0.1, 0.15) is 5.84 Å². The van der Waals surface area contributed by atoms with Crippen LogP contribution in [0.2, 0.25) is 0 Å². The highest BCUT2D eigenvalue weighted by Crippen LogP contribution is 2.45. The van der Waals surface area contributed by atoms with E-state index in [1.165, 1.54) is 43.4 Å². The number of aliphatic imine (C=N–C) groups is 1. The van der Waals surface area contributed by atoms with Crippen molar-refractivity contribution >= 4 is 11.5 Å². The maximum absolute atomic E-state index is 9.09. The van der Waals surface area contributed by atoms with Crippen LogP contribution in [0, 0.1) is 16.7 Å². The first-order valence-electron chi connectivity index (χ1n) is 9.18. The second-order valence-electron chi connectivity index (χ2n) is 7.28. The molecule has 1 saturated carbocycles. The lowest BCUT2D eigenvalue weighted by molar-refractivity contribution is 0.278. The normalized spacial score (nSPS) is 19.9. The van der Waals surface area contributed by atoms with Crippen molar-refractivity contribution < 1.29 is 0 Å². The average Bonchev–Trinajstić information content (AvgIpc) is 2.67. The van der Waals surface area contributed by atoms with E-state index in [1.807, 2.05) is 18.2 Å². The maximum Gasteiger partial charge on any atom is 0.108 e. The lowest BCUT2D eigenvalue weighted by atomic mass is 9.67. The Morgan fingerprint density at radius 3 is 2.72 bits per heavy atom. The molecular weight excluding hydrogens is 306 g/mol. The molecule has 2 aromatic rings. The van der Waals surface area contributed by atoms with Gasteiger partial charge in [-0.1, -0.05) is 49.6 Å². The lowest BCUT2D eigenvalue weighted by Gasteiger charge is -2.42. The van der Waals surface area contributed by atoms with Gasteiger partial charge in [-0.15, -0.1) is 0 Å². The first-order valence-corrected chi connectivity index (χ1v) is 9.18. The Labute approximate surface area is 149 Å². The summed E-state index contributed by atoms with van der Waals surface area (Å²) in [5.74, 6) is 1.15. The molecule has 25 heavy (non-hydrogen) atoms. The van der Waals surface area contributed by atoms with Crippen LogP contribution in [0.1, 0.15) is 48.8 Å². The number of nitrogens with zero attached hydrogens (tertiary/aromatic N) is 2. The van der Waals surface area contributed by atoms with Crippen molar-refractivity contribution in [3.63, 3.8) is 0 Å². The number of para-hydroxylation sites is 1. The predicted molar refractivity (Wildman–Crippen MR) is 102 cm³/mol. The summed E-state index contributed by atoms with van der Waals surface area (Å²) in [5.41, 5.74) is 4.57. The van der Waals surface area contributed by atoms with E-state index in [0.29, 0.717) is 12.1 Å². The topological polar surface area (TPSA) is 48.2 Å². The van der Waals surface area contributed by atoms with Crippen LogP contribution < -0.4 is 5.32 Å². The van der Waals surface area contributed by atoms with Crippen LogP contribution >= 0.6 is 0 Å². The van der Waals surface area contributed by atoms with E-state index in [0.717, 1.165) is 17.8 Å². The third-order valence-corrected chi connectivity index (χ3v) is 5.59. The van der Waals surface area contributed by atoms with Crippen LogP contribution in [0.5, 0.6) is 0 Å². The number of fused-ring (bicyclic) bond motifs is 1. The van der Waals surface area contributed by atoms with Crippen molar-refractivity contribution in [1.29, 1.82) is 5.26 Å². The number of rotatable bonds is 2. The molecule has 3 nitrogen and oxygen atoms in total. The van der Waals surface area contributed by atoms with Gasteiger partial charge >= 0.3 is 0 Å². The minimum Gasteiger partial charge on any atom is -0.343 e. The van der Waals surface area contributed by atoms with E-state index in [1.54, 1.807) is 0 Å². The fourth-order valence-corrected chi connectivity index (χ4v) is 4.26. The van der Waals surface area contributed by atoms with Crippen LogP contribution in [0.25, 0.3) is 0 Å². The van der Waals surface area contributed by atoms with E-state index in [9.17, 15) is 0 Å². The highest BCUT2D eigenvalue weighted by Gasteiger charge is 2.40. The molecule has 0 bridgehead atoms. The molecule has 3 heteroatoms. The van der Waals surface area contributed by atoms with E-state index in [4.69, 9.17) is 10.3 Å². The quantitative estimate of drug-likeness (QED) is 0.835. The Morgan fingerprint density at radius 2 is 1.88 bits per heavy atom. The van der Waals surface area contributed by atoms with Gasteiger partial charge in [0.2, 0.25) is 0 Å². The molecule has 0 unspecified atom stereocenters. The molecule has 1 fully saturated rings. The van der Waals surface area contributed by atoms with Crippen molar-refractivity contribution in [3.05, 3.63) is 65.2 Å². The molecule has 0 aromatic heterocycles. The predicted octanol–water partition coefficient (Wildman–Crippen LogP) is 5.08. The zero-order chi connectivity index (χ0) is 17.1. The Kier molecular flexibility index (Phi) is 4.28. The molecule has 4 rings (SSSR count). The van der Waals surface area contributed by atoms with E-state index in [2.05, 4.69) is 41.7 Å².